The molecule has 0 saturated heterocycles. The van der Waals surface area contributed by atoms with Gasteiger partial charge in [-0.15, -0.1) is 8.78 Å². The molecular formula is C29H21F4N7O2. The summed E-state index contributed by atoms with van der Waals surface area (Å²) in [4.78, 5) is 21.1. The van der Waals surface area contributed by atoms with Crippen molar-refractivity contribution in [2.24, 2.45) is 11.7 Å². The lowest BCUT2D eigenvalue weighted by Crippen LogP contribution is -2.41. The molecule has 5 N–H and O–H groups in total. The van der Waals surface area contributed by atoms with Gasteiger partial charge in [0.1, 0.15) is 17.7 Å². The number of H-pyrrole nitrogens is 1. The zero-order chi connectivity index (χ0) is 29.6. The van der Waals surface area contributed by atoms with E-state index in [4.69, 9.17) is 4.98 Å². The van der Waals surface area contributed by atoms with E-state index in [1.807, 2.05) is 43.3 Å². The van der Waals surface area contributed by atoms with Crippen LogP contribution in [-0.4, -0.2) is 31.2 Å². The Morgan fingerprint density at radius 1 is 0.786 bits per heavy atom. The molecule has 0 bridgehead atoms. The average molecular weight is 576 g/mol. The molecule has 6 aromatic rings. The summed E-state index contributed by atoms with van der Waals surface area (Å²) in [6, 6.07) is 14.8. The molecule has 9 nitrogen and oxygen atoms in total. The van der Waals surface area contributed by atoms with E-state index >= 15 is 0 Å². The minimum Gasteiger partial charge on any atom is -0.409 e. The van der Waals surface area contributed by atoms with Gasteiger partial charge in [-0.2, -0.15) is 8.78 Å². The number of hydrogen-bond acceptors (Lipinski definition) is 8. The molecule has 0 fully saturated rings. The van der Waals surface area contributed by atoms with Gasteiger partial charge in [0, 0.05) is 46.1 Å². The second-order valence-corrected chi connectivity index (χ2v) is 9.27. The van der Waals surface area contributed by atoms with Gasteiger partial charge in [0.25, 0.3) is 0 Å². The van der Waals surface area contributed by atoms with Gasteiger partial charge in [-0.1, -0.05) is 12.1 Å². The van der Waals surface area contributed by atoms with Crippen molar-refractivity contribution in [3.05, 3.63) is 90.6 Å². The summed E-state index contributed by atoms with van der Waals surface area (Å²) in [5.41, 5.74) is 4.43. The first-order chi connectivity index (χ1) is 20.2. The highest BCUT2D eigenvalue weighted by atomic mass is 19.3. The van der Waals surface area contributed by atoms with E-state index in [1.165, 1.54) is 12.4 Å². The van der Waals surface area contributed by atoms with Crippen molar-refractivity contribution >= 4 is 21.8 Å². The minimum atomic E-state index is -4.45. The first-order valence-corrected chi connectivity index (χ1v) is 12.5. The highest BCUT2D eigenvalue weighted by Crippen LogP contribution is 2.48. The van der Waals surface area contributed by atoms with Crippen LogP contribution in [0.25, 0.3) is 55.6 Å². The molecule has 212 valence electrons. The standard InChI is InChI=1S/C29H17F4N5O2.H4N2/c1-15-4-6-18-17(23(15)26-19(3-2-10-34-26)25-20-9-12-36-27(20)38-14-37-25)8-11-35-24(18)16-5-7-22-21(13-16)28(30,31)40-29(32,33)39-22;1-2/h2-14H,1H3,(H,36,37,38);1-2H2. The second-order valence-electron chi connectivity index (χ2n) is 9.27. The Kier molecular flexibility index (Phi) is 6.56. The van der Waals surface area contributed by atoms with Gasteiger partial charge in [0.2, 0.25) is 0 Å². The number of benzene rings is 2. The first-order valence-electron chi connectivity index (χ1n) is 12.5. The fourth-order valence-electron chi connectivity index (χ4n) is 5.14. The lowest BCUT2D eigenvalue weighted by atomic mass is 9.91. The maximum Gasteiger partial charge on any atom is 0.540 e. The number of ether oxygens (including phenoxy) is 2. The number of hydrogen-bond donors (Lipinski definition) is 3. The van der Waals surface area contributed by atoms with Crippen LogP contribution in [0.15, 0.2) is 79.5 Å². The smallest absolute Gasteiger partial charge is 0.409 e. The number of fused-ring (bicyclic) bond motifs is 3. The number of halogens is 4. The number of pyridine rings is 2. The SMILES string of the molecule is Cc1ccc2c(-c3ccc4c(c3)C(F)(F)OC(F)(F)O4)nccc2c1-c1ncccc1-c1ncnc2[nH]ccc12.NN. The summed E-state index contributed by atoms with van der Waals surface area (Å²) < 4.78 is 64.0. The van der Waals surface area contributed by atoms with Gasteiger partial charge >= 0.3 is 12.4 Å². The van der Waals surface area contributed by atoms with Crippen molar-refractivity contribution in [1.82, 2.24) is 24.9 Å². The van der Waals surface area contributed by atoms with Crippen molar-refractivity contribution in [3.8, 4) is 39.5 Å². The molecule has 1 aliphatic heterocycles. The number of aromatic nitrogens is 5. The van der Waals surface area contributed by atoms with Gasteiger partial charge < -0.3 is 9.72 Å². The molecule has 0 saturated carbocycles. The number of alkyl halides is 4. The van der Waals surface area contributed by atoms with Crippen molar-refractivity contribution < 1.29 is 27.0 Å². The van der Waals surface area contributed by atoms with Crippen molar-refractivity contribution in [1.29, 1.82) is 0 Å². The van der Waals surface area contributed by atoms with Crippen molar-refractivity contribution in [2.75, 3.05) is 0 Å². The van der Waals surface area contributed by atoms with Crippen LogP contribution in [-0.2, 0) is 10.8 Å². The summed E-state index contributed by atoms with van der Waals surface area (Å²) in [6.07, 6.45) is -2.17. The fraction of sp³-hybridized carbons (Fsp3) is 0.103. The van der Waals surface area contributed by atoms with Crippen LogP contribution in [0, 0.1) is 6.92 Å². The van der Waals surface area contributed by atoms with Crippen LogP contribution in [0.5, 0.6) is 5.75 Å². The molecule has 5 heterocycles. The molecule has 42 heavy (non-hydrogen) atoms. The summed E-state index contributed by atoms with van der Waals surface area (Å²) in [7, 11) is 0. The maximum absolute atomic E-state index is 14.5. The number of aromatic amines is 1. The second kappa shape index (κ2) is 10.1. The van der Waals surface area contributed by atoms with Crippen molar-refractivity contribution in [3.63, 3.8) is 0 Å². The zero-order valence-electron chi connectivity index (χ0n) is 21.8. The Labute approximate surface area is 235 Å². The quantitative estimate of drug-likeness (QED) is 0.132. The topological polar surface area (TPSA) is 138 Å². The molecule has 0 spiro atoms. The molecule has 0 amide bonds. The molecule has 2 aromatic carbocycles. The van der Waals surface area contributed by atoms with E-state index < -0.39 is 23.7 Å². The normalized spacial score (nSPS) is 15.0. The Bertz CT molecular complexity index is 1960. The summed E-state index contributed by atoms with van der Waals surface area (Å²) in [5, 5.41) is 2.26. The number of nitrogens with one attached hydrogen (secondary N) is 1. The predicted molar refractivity (Wildman–Crippen MR) is 147 cm³/mol. The predicted octanol–water partition coefficient (Wildman–Crippen LogP) is 6.04. The monoisotopic (exact) mass is 575 g/mol. The Morgan fingerprint density at radius 3 is 2.43 bits per heavy atom. The third-order valence-electron chi connectivity index (χ3n) is 6.85. The maximum atomic E-state index is 14.5. The van der Waals surface area contributed by atoms with Crippen LogP contribution in [0.3, 0.4) is 0 Å². The third kappa shape index (κ3) is 4.49. The van der Waals surface area contributed by atoms with E-state index in [2.05, 4.69) is 41.1 Å². The zero-order valence-corrected chi connectivity index (χ0v) is 21.8. The molecule has 0 unspecified atom stereocenters. The highest BCUT2D eigenvalue weighted by Gasteiger charge is 2.54. The van der Waals surface area contributed by atoms with Crippen molar-refractivity contribution in [2.45, 2.75) is 19.3 Å². The summed E-state index contributed by atoms with van der Waals surface area (Å²) in [6.45, 7) is 1.95. The molecule has 4 aromatic heterocycles. The van der Waals surface area contributed by atoms with E-state index in [9.17, 15) is 17.6 Å². The molecular weight excluding hydrogens is 554 g/mol. The number of aryl methyl sites for hydroxylation is 1. The fourth-order valence-corrected chi connectivity index (χ4v) is 5.14. The molecule has 0 radical (unpaired) electrons. The van der Waals surface area contributed by atoms with Gasteiger partial charge in [0.15, 0.2) is 0 Å². The number of hydrazine groups is 1. The number of rotatable bonds is 3. The summed E-state index contributed by atoms with van der Waals surface area (Å²) >= 11 is 0. The highest BCUT2D eigenvalue weighted by molar-refractivity contribution is 6.06. The third-order valence-corrected chi connectivity index (χ3v) is 6.85. The van der Waals surface area contributed by atoms with Gasteiger partial charge in [0.05, 0.1) is 22.6 Å². The largest absolute Gasteiger partial charge is 0.540 e. The van der Waals surface area contributed by atoms with E-state index in [-0.39, 0.29) is 5.56 Å². The lowest BCUT2D eigenvalue weighted by Gasteiger charge is -2.30. The van der Waals surface area contributed by atoms with Crippen LogP contribution in [0.4, 0.5) is 17.6 Å². The lowest BCUT2D eigenvalue weighted by molar-refractivity contribution is -0.461. The molecule has 0 atom stereocenters. The molecule has 7 rings (SSSR count). The number of nitrogens with zero attached hydrogens (tertiary/aromatic N) is 4. The van der Waals surface area contributed by atoms with E-state index in [0.29, 0.717) is 28.1 Å². The molecule has 0 aliphatic carbocycles. The number of nitrogens with two attached hydrogens (primary N) is 2. The van der Waals surface area contributed by atoms with Gasteiger partial charge in [-0.05, 0) is 60.3 Å². The average Bonchev–Trinajstić information content (AvgIpc) is 3.46. The van der Waals surface area contributed by atoms with Crippen LogP contribution in [0.2, 0.25) is 0 Å². The molecule has 1 aliphatic rings. The molecule has 13 heteroatoms. The van der Waals surface area contributed by atoms with Gasteiger partial charge in [-0.25, -0.2) is 14.7 Å². The Morgan fingerprint density at radius 2 is 1.60 bits per heavy atom. The van der Waals surface area contributed by atoms with E-state index in [1.54, 1.807) is 18.6 Å². The minimum absolute atomic E-state index is 0.280. The first kappa shape index (κ1) is 27.2. The Hall–Kier alpha value is -4.98. The van der Waals surface area contributed by atoms with E-state index in [0.717, 1.165) is 39.6 Å². The van der Waals surface area contributed by atoms with Crippen LogP contribution >= 0.6 is 0 Å². The van der Waals surface area contributed by atoms with Crippen LogP contribution in [0.1, 0.15) is 11.1 Å². The van der Waals surface area contributed by atoms with Gasteiger partial charge in [-0.3, -0.25) is 21.7 Å². The summed E-state index contributed by atoms with van der Waals surface area (Å²) in [5.74, 6) is 7.33. The van der Waals surface area contributed by atoms with Crippen LogP contribution < -0.4 is 16.4 Å². The Balaban J connectivity index is 0.00000155.